The zero-order valence-electron chi connectivity index (χ0n) is 12.0. The summed E-state index contributed by atoms with van der Waals surface area (Å²) >= 11 is 0. The molecule has 4 nitrogen and oxygen atoms in total. The highest BCUT2D eigenvalue weighted by molar-refractivity contribution is 5.78. The Labute approximate surface area is 125 Å². The Hall–Kier alpha value is -2.36. The zero-order chi connectivity index (χ0) is 14.5. The van der Waals surface area contributed by atoms with Crippen molar-refractivity contribution in [2.24, 2.45) is 0 Å². The predicted octanol–water partition coefficient (Wildman–Crippen LogP) is 1.97. The van der Waals surface area contributed by atoms with Crippen LogP contribution in [0.15, 0.2) is 54.7 Å². The number of hydrogen-bond acceptors (Lipinski definition) is 3. The highest BCUT2D eigenvalue weighted by Crippen LogP contribution is 2.15. The number of rotatable bonds is 3. The third kappa shape index (κ3) is 3.40. The molecule has 21 heavy (non-hydrogen) atoms. The monoisotopic (exact) mass is 281 g/mol. The molecule has 1 aromatic carbocycles. The molecule has 3 rings (SSSR count). The molecule has 0 aliphatic carbocycles. The molecule has 0 atom stereocenters. The summed E-state index contributed by atoms with van der Waals surface area (Å²) in [5.74, 6) is 0.168. The van der Waals surface area contributed by atoms with Crippen LogP contribution in [0, 0.1) is 0 Å². The van der Waals surface area contributed by atoms with E-state index in [-0.39, 0.29) is 5.91 Å². The van der Waals surface area contributed by atoms with E-state index in [1.165, 1.54) is 5.69 Å². The van der Waals surface area contributed by atoms with Crippen LogP contribution in [0.3, 0.4) is 0 Å². The summed E-state index contributed by atoms with van der Waals surface area (Å²) in [7, 11) is 0. The summed E-state index contributed by atoms with van der Waals surface area (Å²) in [6.07, 6.45) is 2.13. The van der Waals surface area contributed by atoms with Crippen LogP contribution in [0.5, 0.6) is 0 Å². The number of aromatic nitrogens is 1. The first kappa shape index (κ1) is 13.6. The maximum Gasteiger partial charge on any atom is 0.228 e. The maximum atomic E-state index is 12.3. The van der Waals surface area contributed by atoms with Gasteiger partial charge in [-0.3, -0.25) is 9.78 Å². The SMILES string of the molecule is O=C(Cc1ccccn1)N1CCN(c2ccccc2)CC1. The third-order valence-electron chi connectivity index (χ3n) is 3.81. The number of para-hydroxylation sites is 1. The van der Waals surface area contributed by atoms with Gasteiger partial charge in [-0.25, -0.2) is 0 Å². The fourth-order valence-electron chi connectivity index (χ4n) is 2.62. The lowest BCUT2D eigenvalue weighted by molar-refractivity contribution is -0.130. The molecular weight excluding hydrogens is 262 g/mol. The second kappa shape index (κ2) is 6.39. The Morgan fingerprint density at radius 2 is 1.67 bits per heavy atom. The molecule has 0 N–H and O–H groups in total. The predicted molar refractivity (Wildman–Crippen MR) is 83.2 cm³/mol. The van der Waals surface area contributed by atoms with Gasteiger partial charge in [0.25, 0.3) is 0 Å². The smallest absolute Gasteiger partial charge is 0.228 e. The average Bonchev–Trinajstić information content (AvgIpc) is 2.57. The largest absolute Gasteiger partial charge is 0.368 e. The van der Waals surface area contributed by atoms with Gasteiger partial charge in [-0.2, -0.15) is 0 Å². The first-order valence-electron chi connectivity index (χ1n) is 7.30. The normalized spacial score (nSPS) is 15.0. The molecule has 108 valence electrons. The number of carbonyl (C=O) groups excluding carboxylic acids is 1. The van der Waals surface area contributed by atoms with Crippen LogP contribution < -0.4 is 4.90 Å². The van der Waals surface area contributed by atoms with Gasteiger partial charge in [-0.1, -0.05) is 24.3 Å². The van der Waals surface area contributed by atoms with Crippen LogP contribution in [0.1, 0.15) is 5.69 Å². The second-order valence-corrected chi connectivity index (χ2v) is 5.20. The third-order valence-corrected chi connectivity index (χ3v) is 3.81. The Bertz CT molecular complexity index is 577. The van der Waals surface area contributed by atoms with Crippen LogP contribution in [-0.4, -0.2) is 42.0 Å². The molecule has 1 fully saturated rings. The zero-order valence-corrected chi connectivity index (χ0v) is 12.0. The van der Waals surface area contributed by atoms with E-state index in [1.807, 2.05) is 41.3 Å². The maximum absolute atomic E-state index is 12.3. The molecular formula is C17H19N3O. The van der Waals surface area contributed by atoms with Crippen LogP contribution in [0.2, 0.25) is 0 Å². The Morgan fingerprint density at radius 1 is 0.952 bits per heavy atom. The van der Waals surface area contributed by atoms with Crippen LogP contribution in [0.4, 0.5) is 5.69 Å². The number of carbonyl (C=O) groups is 1. The van der Waals surface area contributed by atoms with E-state index in [0.29, 0.717) is 6.42 Å². The van der Waals surface area contributed by atoms with Crippen molar-refractivity contribution in [1.82, 2.24) is 9.88 Å². The van der Waals surface area contributed by atoms with Gasteiger partial charge >= 0.3 is 0 Å². The van der Waals surface area contributed by atoms with E-state index in [0.717, 1.165) is 31.9 Å². The Kier molecular flexibility index (Phi) is 4.15. The molecule has 0 unspecified atom stereocenters. The van der Waals surface area contributed by atoms with Crippen molar-refractivity contribution in [1.29, 1.82) is 0 Å². The van der Waals surface area contributed by atoms with Gasteiger partial charge in [0.15, 0.2) is 0 Å². The fourth-order valence-corrected chi connectivity index (χ4v) is 2.62. The summed E-state index contributed by atoms with van der Waals surface area (Å²) in [6.45, 7) is 3.33. The lowest BCUT2D eigenvalue weighted by Crippen LogP contribution is -2.49. The first-order valence-corrected chi connectivity index (χ1v) is 7.30. The number of piperazine rings is 1. The quantitative estimate of drug-likeness (QED) is 0.863. The van der Waals surface area contributed by atoms with E-state index >= 15 is 0 Å². The van der Waals surface area contributed by atoms with Crippen LogP contribution in [-0.2, 0) is 11.2 Å². The molecule has 1 aromatic heterocycles. The van der Waals surface area contributed by atoms with Crippen molar-refractivity contribution in [3.8, 4) is 0 Å². The van der Waals surface area contributed by atoms with Gasteiger partial charge in [0.05, 0.1) is 6.42 Å². The average molecular weight is 281 g/mol. The van der Waals surface area contributed by atoms with E-state index in [4.69, 9.17) is 0 Å². The van der Waals surface area contributed by atoms with Gasteiger partial charge in [0.2, 0.25) is 5.91 Å². The Morgan fingerprint density at radius 3 is 2.33 bits per heavy atom. The van der Waals surface area contributed by atoms with Crippen molar-refractivity contribution in [3.63, 3.8) is 0 Å². The second-order valence-electron chi connectivity index (χ2n) is 5.20. The summed E-state index contributed by atoms with van der Waals surface area (Å²) in [4.78, 5) is 20.8. The molecule has 1 aliphatic rings. The summed E-state index contributed by atoms with van der Waals surface area (Å²) in [6, 6.07) is 16.0. The molecule has 4 heteroatoms. The number of benzene rings is 1. The Balaban J connectivity index is 1.55. The molecule has 1 aliphatic heterocycles. The molecule has 0 saturated carbocycles. The molecule has 1 saturated heterocycles. The topological polar surface area (TPSA) is 36.4 Å². The van der Waals surface area contributed by atoms with Gasteiger partial charge < -0.3 is 9.80 Å². The van der Waals surface area contributed by atoms with E-state index < -0.39 is 0 Å². The lowest BCUT2D eigenvalue weighted by atomic mass is 10.2. The molecule has 0 spiro atoms. The summed E-state index contributed by atoms with van der Waals surface area (Å²) in [5, 5.41) is 0. The molecule has 1 amide bonds. The van der Waals surface area contributed by atoms with Gasteiger partial charge in [0.1, 0.15) is 0 Å². The minimum Gasteiger partial charge on any atom is -0.368 e. The number of hydrogen-bond donors (Lipinski definition) is 0. The lowest BCUT2D eigenvalue weighted by Gasteiger charge is -2.36. The van der Waals surface area contributed by atoms with Crippen LogP contribution in [0.25, 0.3) is 0 Å². The minimum atomic E-state index is 0.168. The number of pyridine rings is 1. The molecule has 2 aromatic rings. The number of anilines is 1. The van der Waals surface area contributed by atoms with Crippen LogP contribution >= 0.6 is 0 Å². The van der Waals surface area contributed by atoms with Crippen molar-refractivity contribution in [2.75, 3.05) is 31.1 Å². The van der Waals surface area contributed by atoms with Crippen molar-refractivity contribution >= 4 is 11.6 Å². The van der Waals surface area contributed by atoms with Gasteiger partial charge in [-0.05, 0) is 24.3 Å². The van der Waals surface area contributed by atoms with E-state index in [9.17, 15) is 4.79 Å². The van der Waals surface area contributed by atoms with Gasteiger partial charge in [-0.15, -0.1) is 0 Å². The number of nitrogens with zero attached hydrogens (tertiary/aromatic N) is 3. The molecule has 2 heterocycles. The van der Waals surface area contributed by atoms with Crippen molar-refractivity contribution in [3.05, 3.63) is 60.4 Å². The molecule has 0 bridgehead atoms. The van der Waals surface area contributed by atoms with E-state index in [1.54, 1.807) is 6.20 Å². The minimum absolute atomic E-state index is 0.168. The summed E-state index contributed by atoms with van der Waals surface area (Å²) in [5.41, 5.74) is 2.07. The highest BCUT2D eigenvalue weighted by Gasteiger charge is 2.21. The summed E-state index contributed by atoms with van der Waals surface area (Å²) < 4.78 is 0. The fraction of sp³-hybridized carbons (Fsp3) is 0.294. The highest BCUT2D eigenvalue weighted by atomic mass is 16.2. The van der Waals surface area contributed by atoms with E-state index in [2.05, 4.69) is 22.0 Å². The number of amides is 1. The first-order chi connectivity index (χ1) is 10.3. The van der Waals surface area contributed by atoms with Crippen molar-refractivity contribution < 1.29 is 4.79 Å². The van der Waals surface area contributed by atoms with Gasteiger partial charge in [0, 0.05) is 43.8 Å². The van der Waals surface area contributed by atoms with Crippen molar-refractivity contribution in [2.45, 2.75) is 6.42 Å². The standard InChI is InChI=1S/C17H19N3O/c21-17(14-15-6-4-5-9-18-15)20-12-10-19(11-13-20)16-7-2-1-3-8-16/h1-9H,10-14H2. The molecule has 0 radical (unpaired) electrons.